The maximum atomic E-state index is 12.9. The Kier molecular flexibility index (Phi) is 6.50. The molecule has 1 aromatic heterocycles. The van der Waals surface area contributed by atoms with Gasteiger partial charge in [0.05, 0.1) is 0 Å². The minimum atomic E-state index is -3.50. The largest absolute Gasteiger partial charge is 0.374 e. The summed E-state index contributed by atoms with van der Waals surface area (Å²) in [6.07, 6.45) is 1.91. The van der Waals surface area contributed by atoms with E-state index in [1.807, 2.05) is 13.0 Å². The summed E-state index contributed by atoms with van der Waals surface area (Å²) in [5.41, 5.74) is 3.86. The van der Waals surface area contributed by atoms with Crippen molar-refractivity contribution in [2.45, 2.75) is 30.0 Å². The molecule has 8 heteroatoms. The smallest absolute Gasteiger partial charge is 0.250 e. The molecule has 1 N–H and O–H groups in total. The zero-order chi connectivity index (χ0) is 21.3. The Balaban J connectivity index is 1.56. The lowest BCUT2D eigenvalue weighted by atomic mass is 10.0. The van der Waals surface area contributed by atoms with Gasteiger partial charge in [-0.15, -0.1) is 11.3 Å². The third-order valence-electron chi connectivity index (χ3n) is 6.31. The first kappa shape index (κ1) is 21.8. The molecule has 2 aromatic rings. The number of sulfonamides is 1. The number of rotatable bonds is 7. The van der Waals surface area contributed by atoms with Gasteiger partial charge in [0.2, 0.25) is 10.0 Å². The van der Waals surface area contributed by atoms with Gasteiger partial charge in [0.15, 0.2) is 0 Å². The van der Waals surface area contributed by atoms with Gasteiger partial charge < -0.3 is 9.80 Å². The molecule has 1 atom stereocenters. The summed E-state index contributed by atoms with van der Waals surface area (Å²) in [6.45, 7) is 7.37. The van der Waals surface area contributed by atoms with E-state index >= 15 is 0 Å². The van der Waals surface area contributed by atoms with Crippen molar-refractivity contribution in [3.8, 4) is 0 Å². The quantitative estimate of drug-likeness (QED) is 0.706. The number of hydrogen-bond donors (Lipinski definition) is 1. The van der Waals surface area contributed by atoms with Gasteiger partial charge in [-0.25, -0.2) is 13.1 Å². The van der Waals surface area contributed by atoms with Crippen molar-refractivity contribution in [2.24, 2.45) is 0 Å². The molecule has 0 aliphatic carbocycles. The van der Waals surface area contributed by atoms with E-state index in [1.54, 1.807) is 6.07 Å². The summed E-state index contributed by atoms with van der Waals surface area (Å²) < 4.78 is 29.2. The summed E-state index contributed by atoms with van der Waals surface area (Å²) >= 11 is 1.36. The normalized spacial score (nSPS) is 19.2. The first-order valence-electron chi connectivity index (χ1n) is 10.7. The Morgan fingerprint density at radius 3 is 2.53 bits per heavy atom. The molecule has 0 saturated carbocycles. The van der Waals surface area contributed by atoms with Gasteiger partial charge in [-0.05, 0) is 49.2 Å². The first-order chi connectivity index (χ1) is 14.4. The number of aryl methyl sites for hydroxylation is 1. The fraction of sp³-hybridized carbons (Fsp3) is 0.545. The maximum Gasteiger partial charge on any atom is 0.250 e. The Labute approximate surface area is 184 Å². The molecule has 0 radical (unpaired) electrons. The van der Waals surface area contributed by atoms with Gasteiger partial charge >= 0.3 is 0 Å². The highest BCUT2D eigenvalue weighted by Crippen LogP contribution is 2.32. The molecule has 4 rings (SSSR count). The lowest BCUT2D eigenvalue weighted by Crippen LogP contribution is -2.48. The fourth-order valence-electron chi connectivity index (χ4n) is 4.34. The van der Waals surface area contributed by atoms with E-state index in [1.165, 1.54) is 28.2 Å². The molecule has 30 heavy (non-hydrogen) atoms. The Morgan fingerprint density at radius 1 is 1.07 bits per heavy atom. The maximum absolute atomic E-state index is 12.9. The van der Waals surface area contributed by atoms with Crippen LogP contribution in [0.25, 0.3) is 0 Å². The monoisotopic (exact) mass is 448 g/mol. The van der Waals surface area contributed by atoms with E-state index in [0.717, 1.165) is 50.4 Å². The number of fused-ring (bicyclic) bond motifs is 1. The van der Waals surface area contributed by atoms with Crippen LogP contribution in [0.15, 0.2) is 34.5 Å². The number of benzene rings is 1. The SMILES string of the molecule is CCc1ccc(S(=O)(=O)NC[C@H](c2ccc3c(c2)CCN3C)N2CCN(C)CC2)s1. The minimum Gasteiger partial charge on any atom is -0.374 e. The average molecular weight is 449 g/mol. The van der Waals surface area contributed by atoms with Crippen molar-refractivity contribution in [1.29, 1.82) is 0 Å². The van der Waals surface area contributed by atoms with Crippen LogP contribution in [0.4, 0.5) is 5.69 Å². The molecule has 0 spiro atoms. The van der Waals surface area contributed by atoms with E-state index in [4.69, 9.17) is 0 Å². The molecule has 3 heterocycles. The molecule has 2 aliphatic rings. The van der Waals surface area contributed by atoms with Crippen molar-refractivity contribution in [1.82, 2.24) is 14.5 Å². The Hall–Kier alpha value is -1.45. The zero-order valence-electron chi connectivity index (χ0n) is 18.1. The van der Waals surface area contributed by atoms with Gasteiger partial charge in [0, 0.05) is 62.9 Å². The number of anilines is 1. The second-order valence-corrected chi connectivity index (χ2v) is 11.5. The number of piperazine rings is 1. The van der Waals surface area contributed by atoms with Crippen molar-refractivity contribution >= 4 is 27.0 Å². The average Bonchev–Trinajstić information content (AvgIpc) is 3.37. The van der Waals surface area contributed by atoms with E-state index in [-0.39, 0.29) is 6.04 Å². The van der Waals surface area contributed by atoms with Crippen LogP contribution in [0.2, 0.25) is 0 Å². The van der Waals surface area contributed by atoms with Gasteiger partial charge in [-0.2, -0.15) is 0 Å². The van der Waals surface area contributed by atoms with Crippen molar-refractivity contribution in [2.75, 3.05) is 58.3 Å². The second-order valence-electron chi connectivity index (χ2n) is 8.34. The topological polar surface area (TPSA) is 55.9 Å². The van der Waals surface area contributed by atoms with E-state index in [9.17, 15) is 8.42 Å². The van der Waals surface area contributed by atoms with Crippen molar-refractivity contribution < 1.29 is 8.42 Å². The van der Waals surface area contributed by atoms with Crippen molar-refractivity contribution in [3.63, 3.8) is 0 Å². The van der Waals surface area contributed by atoms with Gasteiger partial charge in [0.1, 0.15) is 4.21 Å². The van der Waals surface area contributed by atoms with Crippen LogP contribution in [0.1, 0.15) is 29.0 Å². The molecule has 0 bridgehead atoms. The second kappa shape index (κ2) is 8.96. The number of nitrogens with zero attached hydrogens (tertiary/aromatic N) is 3. The molecule has 1 aromatic carbocycles. The van der Waals surface area contributed by atoms with Gasteiger partial charge in [-0.1, -0.05) is 19.1 Å². The highest BCUT2D eigenvalue weighted by molar-refractivity contribution is 7.91. The standard InChI is InChI=1S/C22H32N4O2S2/c1-4-19-6-8-22(29-19)30(27,28)23-16-21(26-13-11-24(2)12-14-26)17-5-7-20-18(15-17)9-10-25(20)3/h5-8,15,21,23H,4,9-14,16H2,1-3H3/t21-/m1/s1. The van der Waals surface area contributed by atoms with Crippen LogP contribution >= 0.6 is 11.3 Å². The third-order valence-corrected chi connectivity index (χ3v) is 9.46. The van der Waals surface area contributed by atoms with Crippen LogP contribution in [-0.2, 0) is 22.9 Å². The minimum absolute atomic E-state index is 0.0373. The molecule has 2 aliphatic heterocycles. The number of likely N-dealkylation sites (N-methyl/N-ethyl adjacent to an activating group) is 2. The summed E-state index contributed by atoms with van der Waals surface area (Å²) in [5.74, 6) is 0. The van der Waals surface area contributed by atoms with E-state index in [2.05, 4.69) is 51.7 Å². The molecule has 0 unspecified atom stereocenters. The summed E-state index contributed by atoms with van der Waals surface area (Å²) in [6, 6.07) is 10.3. The lowest BCUT2D eigenvalue weighted by molar-refractivity contribution is 0.113. The molecular weight excluding hydrogens is 416 g/mol. The van der Waals surface area contributed by atoms with Crippen LogP contribution < -0.4 is 9.62 Å². The van der Waals surface area contributed by atoms with E-state index < -0.39 is 10.0 Å². The number of hydrogen-bond acceptors (Lipinski definition) is 6. The van der Waals surface area contributed by atoms with E-state index in [0.29, 0.717) is 10.8 Å². The summed E-state index contributed by atoms with van der Waals surface area (Å²) in [4.78, 5) is 8.13. The molecule has 6 nitrogen and oxygen atoms in total. The number of thiophene rings is 1. The van der Waals surface area contributed by atoms with Crippen LogP contribution in [0.3, 0.4) is 0 Å². The van der Waals surface area contributed by atoms with Crippen LogP contribution in [-0.4, -0.2) is 71.6 Å². The molecule has 0 amide bonds. The number of nitrogens with one attached hydrogen (secondary N) is 1. The molecular formula is C22H32N4O2S2. The summed E-state index contributed by atoms with van der Waals surface area (Å²) in [7, 11) is 0.770. The Bertz CT molecular complexity index is 981. The predicted octanol–water partition coefficient (Wildman–Crippen LogP) is 2.57. The fourth-order valence-corrected chi connectivity index (χ4v) is 6.72. The predicted molar refractivity (Wildman–Crippen MR) is 124 cm³/mol. The summed E-state index contributed by atoms with van der Waals surface area (Å²) in [5, 5.41) is 0. The van der Waals surface area contributed by atoms with Crippen molar-refractivity contribution in [3.05, 3.63) is 46.3 Å². The highest BCUT2D eigenvalue weighted by atomic mass is 32.2. The molecule has 164 valence electrons. The molecule has 1 fully saturated rings. The van der Waals surface area contributed by atoms with Gasteiger partial charge in [-0.3, -0.25) is 4.90 Å². The Morgan fingerprint density at radius 2 is 1.83 bits per heavy atom. The zero-order valence-corrected chi connectivity index (χ0v) is 19.7. The molecule has 1 saturated heterocycles. The van der Waals surface area contributed by atoms with Crippen LogP contribution in [0.5, 0.6) is 0 Å². The van der Waals surface area contributed by atoms with Gasteiger partial charge in [0.25, 0.3) is 0 Å². The first-order valence-corrected chi connectivity index (χ1v) is 13.0. The van der Waals surface area contributed by atoms with Crippen LogP contribution in [0, 0.1) is 0 Å². The highest BCUT2D eigenvalue weighted by Gasteiger charge is 2.28. The third kappa shape index (κ3) is 4.57. The lowest BCUT2D eigenvalue weighted by Gasteiger charge is -2.38.